The smallest absolute Gasteiger partial charge is 0.345 e. The van der Waals surface area contributed by atoms with Gasteiger partial charge >= 0.3 is 12.6 Å². The van der Waals surface area contributed by atoms with Crippen LogP contribution >= 0.6 is 0 Å². The van der Waals surface area contributed by atoms with Gasteiger partial charge in [0.2, 0.25) is 0 Å². The molecule has 2 aliphatic rings. The molecule has 0 amide bonds. The molecule has 0 unspecified atom stereocenters. The summed E-state index contributed by atoms with van der Waals surface area (Å²) in [6, 6.07) is 4.99. The van der Waals surface area contributed by atoms with Crippen molar-refractivity contribution < 1.29 is 27.4 Å². The van der Waals surface area contributed by atoms with Crippen LogP contribution in [0.3, 0.4) is 0 Å². The number of carbonyl (C=O) groups excluding carboxylic acids is 1. The predicted molar refractivity (Wildman–Crippen MR) is 111 cm³/mol. The Balaban J connectivity index is 1.48. The molecule has 0 N–H and O–H groups in total. The van der Waals surface area contributed by atoms with Gasteiger partial charge in [-0.05, 0) is 63.6 Å². The van der Waals surface area contributed by atoms with E-state index in [0.29, 0.717) is 41.5 Å². The first kappa shape index (κ1) is 22.1. The number of hydrogen-bond acceptors (Lipinski definition) is 4. The fourth-order valence-corrected chi connectivity index (χ4v) is 5.46. The van der Waals surface area contributed by atoms with Gasteiger partial charge in [-0.15, -0.1) is 0 Å². The molecule has 1 aliphatic heterocycles. The quantitative estimate of drug-likeness (QED) is 0.601. The minimum atomic E-state index is -2.71. The highest BCUT2D eigenvalue weighted by molar-refractivity contribution is 6.06. The Labute approximate surface area is 180 Å². The molecule has 0 spiro atoms. The number of esters is 1. The van der Waals surface area contributed by atoms with Gasteiger partial charge in [-0.25, -0.2) is 9.18 Å². The first-order valence-corrected chi connectivity index (χ1v) is 10.9. The molecule has 170 valence electrons. The van der Waals surface area contributed by atoms with Gasteiger partial charge in [0, 0.05) is 36.3 Å². The maximum atomic E-state index is 14.1. The van der Waals surface area contributed by atoms with E-state index < -0.39 is 12.6 Å². The first-order chi connectivity index (χ1) is 14.8. The van der Waals surface area contributed by atoms with Crippen LogP contribution in [0.4, 0.5) is 13.2 Å². The lowest BCUT2D eigenvalue weighted by molar-refractivity contribution is -0.202. The summed E-state index contributed by atoms with van der Waals surface area (Å²) in [7, 11) is 1.35. The zero-order chi connectivity index (χ0) is 22.3. The van der Waals surface area contributed by atoms with E-state index in [1.54, 1.807) is 6.07 Å². The third-order valence-corrected chi connectivity index (χ3v) is 7.12. The third-order valence-electron chi connectivity index (χ3n) is 7.12. The highest BCUT2D eigenvalue weighted by atomic mass is 19.3. The van der Waals surface area contributed by atoms with Crippen LogP contribution in [0.15, 0.2) is 18.2 Å². The van der Waals surface area contributed by atoms with Crippen molar-refractivity contribution in [2.24, 2.45) is 5.92 Å². The van der Waals surface area contributed by atoms with Crippen LogP contribution in [0.1, 0.15) is 54.7 Å². The summed E-state index contributed by atoms with van der Waals surface area (Å²) in [6.07, 6.45) is 3.60. The normalized spacial score (nSPS) is 23.8. The zero-order valence-corrected chi connectivity index (χ0v) is 18.1. The van der Waals surface area contributed by atoms with Gasteiger partial charge in [0.15, 0.2) is 0 Å². The van der Waals surface area contributed by atoms with Crippen molar-refractivity contribution in [3.63, 3.8) is 0 Å². The van der Waals surface area contributed by atoms with Crippen LogP contribution < -0.4 is 0 Å². The van der Waals surface area contributed by atoms with Crippen LogP contribution in [0, 0.1) is 18.7 Å². The van der Waals surface area contributed by atoms with E-state index in [1.807, 2.05) is 6.92 Å². The van der Waals surface area contributed by atoms with Gasteiger partial charge in [0.05, 0.1) is 24.3 Å². The number of hydrogen-bond donors (Lipinski definition) is 0. The van der Waals surface area contributed by atoms with Gasteiger partial charge in [-0.3, -0.25) is 4.90 Å². The summed E-state index contributed by atoms with van der Waals surface area (Å²) in [4.78, 5) is 14.6. The number of alkyl halides is 2. The molecule has 2 fully saturated rings. The number of benzene rings is 1. The van der Waals surface area contributed by atoms with Crippen LogP contribution in [-0.4, -0.2) is 54.4 Å². The van der Waals surface area contributed by atoms with E-state index in [2.05, 4.69) is 21.1 Å². The minimum absolute atomic E-state index is 0.0926. The standard InChI is InChI=1S/C23H29F3N2O3/c1-13(15-4-7-17(8-5-15)27-11-18(12-27)31-23(25)26)28-14(2)21(22(29)30-3)19-9-6-16(24)10-20(19)28/h6,9-10,13,15,17-18,23H,4-5,7-8,11-12H2,1-3H3/t13-,15?,17?/m1/s1. The Morgan fingerprint density at radius 2 is 1.84 bits per heavy atom. The lowest BCUT2D eigenvalue weighted by atomic mass is 9.80. The molecule has 31 heavy (non-hydrogen) atoms. The molecular formula is C23H29F3N2O3. The summed E-state index contributed by atoms with van der Waals surface area (Å²) < 4.78 is 50.3. The molecule has 8 heteroatoms. The van der Waals surface area contributed by atoms with Gasteiger partial charge < -0.3 is 14.0 Å². The molecule has 1 atom stereocenters. The number of ether oxygens (including phenoxy) is 2. The monoisotopic (exact) mass is 438 g/mol. The van der Waals surface area contributed by atoms with E-state index in [4.69, 9.17) is 4.74 Å². The maximum Gasteiger partial charge on any atom is 0.345 e. The Morgan fingerprint density at radius 3 is 2.45 bits per heavy atom. The van der Waals surface area contributed by atoms with Crippen molar-refractivity contribution >= 4 is 16.9 Å². The lowest BCUT2D eigenvalue weighted by Crippen LogP contribution is -2.57. The molecule has 2 aromatic rings. The van der Waals surface area contributed by atoms with E-state index in [-0.39, 0.29) is 18.0 Å². The van der Waals surface area contributed by atoms with E-state index >= 15 is 0 Å². The van der Waals surface area contributed by atoms with Crippen molar-refractivity contribution in [3.8, 4) is 0 Å². The van der Waals surface area contributed by atoms with Gasteiger partial charge in [-0.1, -0.05) is 0 Å². The number of carbonyl (C=O) groups is 1. The van der Waals surface area contributed by atoms with Crippen molar-refractivity contribution in [2.75, 3.05) is 20.2 Å². The number of likely N-dealkylation sites (tertiary alicyclic amines) is 1. The third kappa shape index (κ3) is 4.20. The molecular weight excluding hydrogens is 409 g/mol. The second-order valence-electron chi connectivity index (χ2n) is 8.77. The zero-order valence-electron chi connectivity index (χ0n) is 18.1. The molecule has 1 saturated heterocycles. The fourth-order valence-electron chi connectivity index (χ4n) is 5.46. The topological polar surface area (TPSA) is 43.7 Å². The Kier molecular flexibility index (Phi) is 6.30. The van der Waals surface area contributed by atoms with Crippen molar-refractivity contribution in [2.45, 2.75) is 64.3 Å². The SMILES string of the molecule is COC(=O)c1c(C)n([C@H](C)C2CCC(N3CC(OC(F)F)C3)CC2)c2cc(F)ccc12. The first-order valence-electron chi connectivity index (χ1n) is 10.9. The predicted octanol–water partition coefficient (Wildman–Crippen LogP) is 4.92. The van der Waals surface area contributed by atoms with Crippen LogP contribution in [0.25, 0.3) is 10.9 Å². The van der Waals surface area contributed by atoms with E-state index in [9.17, 15) is 18.0 Å². The largest absolute Gasteiger partial charge is 0.465 e. The lowest BCUT2D eigenvalue weighted by Gasteiger charge is -2.46. The molecule has 1 aromatic heterocycles. The number of aromatic nitrogens is 1. The van der Waals surface area contributed by atoms with Gasteiger partial charge in [-0.2, -0.15) is 8.78 Å². The van der Waals surface area contributed by atoms with E-state index in [1.165, 1.54) is 19.2 Å². The average Bonchev–Trinajstić information content (AvgIpc) is 3.00. The van der Waals surface area contributed by atoms with Crippen LogP contribution in [0.5, 0.6) is 0 Å². The maximum absolute atomic E-state index is 14.1. The van der Waals surface area contributed by atoms with Crippen molar-refractivity contribution in [1.29, 1.82) is 0 Å². The number of fused-ring (bicyclic) bond motifs is 1. The number of halogens is 3. The van der Waals surface area contributed by atoms with Crippen LogP contribution in [-0.2, 0) is 9.47 Å². The number of nitrogens with zero attached hydrogens (tertiary/aromatic N) is 2. The molecule has 5 nitrogen and oxygen atoms in total. The molecule has 1 aliphatic carbocycles. The van der Waals surface area contributed by atoms with Crippen molar-refractivity contribution in [1.82, 2.24) is 9.47 Å². The Morgan fingerprint density at radius 1 is 1.16 bits per heavy atom. The molecule has 2 heterocycles. The molecule has 0 bridgehead atoms. The fraction of sp³-hybridized carbons (Fsp3) is 0.609. The summed E-state index contributed by atoms with van der Waals surface area (Å²) >= 11 is 0. The Hall–Kier alpha value is -2.06. The number of methoxy groups -OCH3 is 1. The van der Waals surface area contributed by atoms with E-state index in [0.717, 1.165) is 31.4 Å². The highest BCUT2D eigenvalue weighted by Crippen LogP contribution is 2.40. The summed E-state index contributed by atoms with van der Waals surface area (Å²) in [5, 5.41) is 0.705. The van der Waals surface area contributed by atoms with Crippen molar-refractivity contribution in [3.05, 3.63) is 35.3 Å². The summed E-state index contributed by atoms with van der Waals surface area (Å²) in [6.45, 7) is 2.44. The molecule has 4 rings (SSSR count). The highest BCUT2D eigenvalue weighted by Gasteiger charge is 2.37. The minimum Gasteiger partial charge on any atom is -0.465 e. The second kappa shape index (κ2) is 8.82. The summed E-state index contributed by atoms with van der Waals surface area (Å²) in [5.41, 5.74) is 1.99. The molecule has 0 radical (unpaired) electrons. The molecule has 1 saturated carbocycles. The molecule has 1 aromatic carbocycles. The van der Waals surface area contributed by atoms with Gasteiger partial charge in [0.25, 0.3) is 0 Å². The average molecular weight is 438 g/mol. The van der Waals surface area contributed by atoms with Gasteiger partial charge in [0.1, 0.15) is 5.82 Å². The number of rotatable bonds is 6. The summed E-state index contributed by atoms with van der Waals surface area (Å²) in [5.74, 6) is -0.368. The second-order valence-corrected chi connectivity index (χ2v) is 8.77. The Bertz CT molecular complexity index is 947. The van der Waals surface area contributed by atoms with Crippen LogP contribution in [0.2, 0.25) is 0 Å².